The number of aromatic nitrogens is 3. The molecule has 3 aliphatic rings. The Bertz CT molecular complexity index is 518. The van der Waals surface area contributed by atoms with Crippen LogP contribution in [0.3, 0.4) is 0 Å². The molecule has 1 aliphatic heterocycles. The lowest BCUT2D eigenvalue weighted by Gasteiger charge is -2.50. The zero-order valence-corrected chi connectivity index (χ0v) is 13.2. The summed E-state index contributed by atoms with van der Waals surface area (Å²) in [5.41, 5.74) is 0.0961. The topological polar surface area (TPSA) is 43.2 Å². The van der Waals surface area contributed by atoms with E-state index in [2.05, 4.69) is 33.5 Å². The number of nitrogens with zero attached hydrogens (tertiary/aromatic N) is 4. The molecule has 116 valence electrons. The van der Waals surface area contributed by atoms with E-state index in [0.29, 0.717) is 5.92 Å². The van der Waals surface area contributed by atoms with E-state index in [1.165, 1.54) is 44.3 Å². The maximum Gasteiger partial charge on any atom is 0.227 e. The van der Waals surface area contributed by atoms with Crippen molar-refractivity contribution >= 4 is 5.95 Å². The van der Waals surface area contributed by atoms with Gasteiger partial charge in [-0.25, -0.2) is 0 Å². The second kappa shape index (κ2) is 4.97. The standard InChI is InChI=1S/C16H26N4O/c1-3-20-14(13-6-4-7-13)17-18-15(20)19-10-12(2)21-16(11-19)8-5-9-16/h12-13H,3-11H2,1-2H3/t12-/m0/s1. The monoisotopic (exact) mass is 290 g/mol. The van der Waals surface area contributed by atoms with E-state index in [0.717, 1.165) is 25.6 Å². The van der Waals surface area contributed by atoms with Gasteiger partial charge in [0.2, 0.25) is 5.95 Å². The Morgan fingerprint density at radius 1 is 1.24 bits per heavy atom. The van der Waals surface area contributed by atoms with Crippen molar-refractivity contribution in [1.29, 1.82) is 0 Å². The van der Waals surface area contributed by atoms with Crippen molar-refractivity contribution in [1.82, 2.24) is 14.8 Å². The van der Waals surface area contributed by atoms with E-state index in [9.17, 15) is 0 Å². The molecule has 1 atom stereocenters. The fourth-order valence-corrected chi connectivity index (χ4v) is 4.04. The van der Waals surface area contributed by atoms with Crippen LogP contribution in [0.4, 0.5) is 5.95 Å². The molecule has 0 N–H and O–H groups in total. The van der Waals surface area contributed by atoms with Gasteiger partial charge in [0.15, 0.2) is 0 Å². The maximum atomic E-state index is 6.22. The number of hydrogen-bond donors (Lipinski definition) is 0. The summed E-state index contributed by atoms with van der Waals surface area (Å²) in [5.74, 6) is 2.92. The Hall–Kier alpha value is -1.10. The molecule has 1 aromatic heterocycles. The fourth-order valence-electron chi connectivity index (χ4n) is 4.04. The molecular formula is C16H26N4O. The van der Waals surface area contributed by atoms with Crippen LogP contribution in [0.2, 0.25) is 0 Å². The summed E-state index contributed by atoms with van der Waals surface area (Å²) in [6, 6.07) is 0. The second-order valence-electron chi connectivity index (χ2n) is 7.08. The van der Waals surface area contributed by atoms with Crippen molar-refractivity contribution in [3.8, 4) is 0 Å². The molecule has 0 unspecified atom stereocenters. The Morgan fingerprint density at radius 2 is 2.05 bits per heavy atom. The third-order valence-electron chi connectivity index (χ3n) is 5.50. The van der Waals surface area contributed by atoms with Crippen LogP contribution in [0.5, 0.6) is 0 Å². The molecule has 0 radical (unpaired) electrons. The predicted molar refractivity (Wildman–Crippen MR) is 81.6 cm³/mol. The summed E-state index contributed by atoms with van der Waals surface area (Å²) < 4.78 is 8.56. The molecule has 0 amide bonds. The lowest BCUT2D eigenvalue weighted by Crippen LogP contribution is -2.59. The van der Waals surface area contributed by atoms with Gasteiger partial charge in [-0.3, -0.25) is 4.57 Å². The molecule has 2 heterocycles. The SMILES string of the molecule is CCn1c(C2CCC2)nnc1N1C[C@H](C)OC2(CCC2)C1. The zero-order chi connectivity index (χ0) is 14.4. The molecule has 1 saturated heterocycles. The van der Waals surface area contributed by atoms with Crippen LogP contribution >= 0.6 is 0 Å². The second-order valence-corrected chi connectivity index (χ2v) is 7.08. The molecule has 5 nitrogen and oxygen atoms in total. The van der Waals surface area contributed by atoms with Crippen LogP contribution in [-0.2, 0) is 11.3 Å². The molecular weight excluding hydrogens is 264 g/mol. The summed E-state index contributed by atoms with van der Waals surface area (Å²) in [7, 11) is 0. The van der Waals surface area contributed by atoms with Gasteiger partial charge < -0.3 is 9.64 Å². The van der Waals surface area contributed by atoms with Gasteiger partial charge in [0.05, 0.1) is 11.7 Å². The smallest absolute Gasteiger partial charge is 0.227 e. The first-order valence-electron chi connectivity index (χ1n) is 8.57. The molecule has 1 spiro atoms. The molecule has 0 bridgehead atoms. The molecule has 1 aromatic rings. The van der Waals surface area contributed by atoms with E-state index in [1.54, 1.807) is 0 Å². The highest BCUT2D eigenvalue weighted by Crippen LogP contribution is 2.41. The Kier molecular flexibility index (Phi) is 3.21. The Balaban J connectivity index is 1.61. The highest BCUT2D eigenvalue weighted by Gasteiger charge is 2.45. The maximum absolute atomic E-state index is 6.22. The third kappa shape index (κ3) is 2.17. The van der Waals surface area contributed by atoms with Crippen molar-refractivity contribution < 1.29 is 4.74 Å². The Morgan fingerprint density at radius 3 is 2.62 bits per heavy atom. The van der Waals surface area contributed by atoms with E-state index in [1.807, 2.05) is 0 Å². The van der Waals surface area contributed by atoms with Crippen molar-refractivity contribution in [3.63, 3.8) is 0 Å². The minimum atomic E-state index is 0.0961. The van der Waals surface area contributed by atoms with Crippen LogP contribution in [0.1, 0.15) is 64.1 Å². The number of ether oxygens (including phenoxy) is 1. The van der Waals surface area contributed by atoms with Crippen LogP contribution in [0, 0.1) is 0 Å². The summed E-state index contributed by atoms with van der Waals surface area (Å²) in [6.07, 6.45) is 7.88. The van der Waals surface area contributed by atoms with Gasteiger partial charge in [-0.15, -0.1) is 10.2 Å². The van der Waals surface area contributed by atoms with Crippen molar-refractivity contribution in [2.45, 2.75) is 76.5 Å². The van der Waals surface area contributed by atoms with Gasteiger partial charge in [0, 0.05) is 25.6 Å². The van der Waals surface area contributed by atoms with Gasteiger partial charge in [0.25, 0.3) is 0 Å². The minimum absolute atomic E-state index is 0.0961. The quantitative estimate of drug-likeness (QED) is 0.858. The van der Waals surface area contributed by atoms with Gasteiger partial charge >= 0.3 is 0 Å². The average Bonchev–Trinajstić information content (AvgIpc) is 2.77. The zero-order valence-electron chi connectivity index (χ0n) is 13.2. The number of anilines is 1. The summed E-state index contributed by atoms with van der Waals surface area (Å²) in [6.45, 7) is 7.28. The summed E-state index contributed by atoms with van der Waals surface area (Å²) >= 11 is 0. The van der Waals surface area contributed by atoms with E-state index < -0.39 is 0 Å². The number of hydrogen-bond acceptors (Lipinski definition) is 4. The molecule has 4 rings (SSSR count). The lowest BCUT2D eigenvalue weighted by molar-refractivity contribution is -0.142. The van der Waals surface area contributed by atoms with Crippen LogP contribution < -0.4 is 4.90 Å². The van der Waals surface area contributed by atoms with Gasteiger partial charge in [-0.1, -0.05) is 6.42 Å². The van der Waals surface area contributed by atoms with Crippen LogP contribution in [0.15, 0.2) is 0 Å². The van der Waals surface area contributed by atoms with Gasteiger partial charge in [-0.05, 0) is 46.0 Å². The normalized spacial score (nSPS) is 28.5. The van der Waals surface area contributed by atoms with Crippen molar-refractivity contribution in [2.24, 2.45) is 0 Å². The molecule has 2 saturated carbocycles. The minimum Gasteiger partial charge on any atom is -0.368 e. The molecule has 21 heavy (non-hydrogen) atoms. The highest BCUT2D eigenvalue weighted by atomic mass is 16.5. The Labute approximate surface area is 126 Å². The third-order valence-corrected chi connectivity index (χ3v) is 5.50. The number of rotatable bonds is 3. The molecule has 2 aliphatic carbocycles. The predicted octanol–water partition coefficient (Wildman–Crippen LogP) is 2.71. The van der Waals surface area contributed by atoms with Gasteiger partial charge in [-0.2, -0.15) is 0 Å². The largest absolute Gasteiger partial charge is 0.368 e. The van der Waals surface area contributed by atoms with Crippen LogP contribution in [0.25, 0.3) is 0 Å². The van der Waals surface area contributed by atoms with Gasteiger partial charge in [0.1, 0.15) is 5.82 Å². The van der Waals surface area contributed by atoms with Crippen molar-refractivity contribution in [2.75, 3.05) is 18.0 Å². The highest BCUT2D eigenvalue weighted by molar-refractivity contribution is 5.35. The van der Waals surface area contributed by atoms with E-state index in [4.69, 9.17) is 4.74 Å². The lowest BCUT2D eigenvalue weighted by atomic mass is 9.78. The molecule has 5 heteroatoms. The fraction of sp³-hybridized carbons (Fsp3) is 0.875. The summed E-state index contributed by atoms with van der Waals surface area (Å²) in [4.78, 5) is 2.42. The summed E-state index contributed by atoms with van der Waals surface area (Å²) in [5, 5.41) is 9.09. The van der Waals surface area contributed by atoms with Crippen molar-refractivity contribution in [3.05, 3.63) is 5.82 Å². The first-order chi connectivity index (χ1) is 10.2. The van der Waals surface area contributed by atoms with Crippen LogP contribution in [-0.4, -0.2) is 39.6 Å². The molecule has 3 fully saturated rings. The average molecular weight is 290 g/mol. The first-order valence-corrected chi connectivity index (χ1v) is 8.57. The van der Waals surface area contributed by atoms with E-state index in [-0.39, 0.29) is 11.7 Å². The number of morpholine rings is 1. The molecule has 0 aromatic carbocycles. The van der Waals surface area contributed by atoms with E-state index >= 15 is 0 Å². The first kappa shape index (κ1) is 13.6.